The Balaban J connectivity index is 1.67. The van der Waals surface area contributed by atoms with Gasteiger partial charge in [-0.15, -0.1) is 0 Å². The topological polar surface area (TPSA) is 86.8 Å². The number of amides is 2. The van der Waals surface area contributed by atoms with Gasteiger partial charge in [-0.05, 0) is 68.1 Å². The standard InChI is InChI=1S/C31H36BrN3O4S/c1-23-11-9-10-16-29(23)35(40(38,39)28-14-7-4-8-15-28)22-30(36)34(21-25-17-19-26(32)20-18-25)24(2)31(37)33-27-12-5-3-6-13-27/h4,7-11,14-20,24,27H,3,5-6,12-13,21-22H2,1-2H3,(H,33,37)/t24-/m0/s1. The summed E-state index contributed by atoms with van der Waals surface area (Å²) in [6.45, 7) is 3.24. The first-order valence-electron chi connectivity index (χ1n) is 13.6. The molecule has 0 spiro atoms. The van der Waals surface area contributed by atoms with E-state index in [9.17, 15) is 18.0 Å². The third kappa shape index (κ3) is 7.31. The predicted molar refractivity (Wildman–Crippen MR) is 161 cm³/mol. The second kappa shape index (κ2) is 13.5. The Morgan fingerprint density at radius 2 is 1.55 bits per heavy atom. The summed E-state index contributed by atoms with van der Waals surface area (Å²) < 4.78 is 29.8. The lowest BCUT2D eigenvalue weighted by Crippen LogP contribution is -2.53. The quantitative estimate of drug-likeness (QED) is 0.308. The number of nitrogens with zero attached hydrogens (tertiary/aromatic N) is 2. The lowest BCUT2D eigenvalue weighted by Gasteiger charge is -2.33. The van der Waals surface area contributed by atoms with E-state index in [4.69, 9.17) is 0 Å². The van der Waals surface area contributed by atoms with Gasteiger partial charge in [0.1, 0.15) is 12.6 Å². The number of hydrogen-bond donors (Lipinski definition) is 1. The van der Waals surface area contributed by atoms with Crippen LogP contribution >= 0.6 is 15.9 Å². The van der Waals surface area contributed by atoms with Gasteiger partial charge in [0.2, 0.25) is 11.8 Å². The van der Waals surface area contributed by atoms with Crippen LogP contribution in [0.5, 0.6) is 0 Å². The number of hydrogen-bond acceptors (Lipinski definition) is 4. The van der Waals surface area contributed by atoms with E-state index in [0.29, 0.717) is 5.69 Å². The van der Waals surface area contributed by atoms with Crippen LogP contribution < -0.4 is 9.62 Å². The van der Waals surface area contributed by atoms with Crippen LogP contribution in [0.3, 0.4) is 0 Å². The second-order valence-corrected chi connectivity index (χ2v) is 13.1. The maximum absolute atomic E-state index is 14.1. The van der Waals surface area contributed by atoms with Gasteiger partial charge in [0.15, 0.2) is 0 Å². The molecule has 1 fully saturated rings. The highest BCUT2D eigenvalue weighted by molar-refractivity contribution is 9.10. The average molecular weight is 627 g/mol. The first-order chi connectivity index (χ1) is 19.2. The van der Waals surface area contributed by atoms with E-state index in [2.05, 4.69) is 21.2 Å². The molecule has 1 saturated carbocycles. The maximum Gasteiger partial charge on any atom is 0.264 e. The minimum absolute atomic E-state index is 0.0913. The van der Waals surface area contributed by atoms with Gasteiger partial charge in [0, 0.05) is 17.1 Å². The van der Waals surface area contributed by atoms with Gasteiger partial charge in [0.25, 0.3) is 10.0 Å². The van der Waals surface area contributed by atoms with Crippen molar-refractivity contribution in [1.82, 2.24) is 10.2 Å². The number of benzene rings is 3. The molecule has 0 heterocycles. The number of rotatable bonds is 10. The summed E-state index contributed by atoms with van der Waals surface area (Å²) in [5.74, 6) is -0.692. The molecular formula is C31H36BrN3O4S. The Labute approximate surface area is 245 Å². The molecule has 1 aliphatic carbocycles. The molecule has 2 amide bonds. The van der Waals surface area contributed by atoms with Gasteiger partial charge >= 0.3 is 0 Å². The van der Waals surface area contributed by atoms with Crippen molar-refractivity contribution in [3.63, 3.8) is 0 Å². The Hall–Kier alpha value is -3.17. The number of para-hydroxylation sites is 1. The highest BCUT2D eigenvalue weighted by Crippen LogP contribution is 2.27. The highest BCUT2D eigenvalue weighted by Gasteiger charge is 2.33. The number of carbonyl (C=O) groups excluding carboxylic acids is 2. The number of halogens is 1. The molecule has 1 N–H and O–H groups in total. The number of carbonyl (C=O) groups is 2. The Morgan fingerprint density at radius 3 is 2.20 bits per heavy atom. The van der Waals surface area contributed by atoms with Crippen molar-refractivity contribution in [3.8, 4) is 0 Å². The molecule has 0 aromatic heterocycles. The maximum atomic E-state index is 14.1. The van der Waals surface area contributed by atoms with Gasteiger partial charge in [-0.25, -0.2) is 8.42 Å². The van der Waals surface area contributed by atoms with Crippen molar-refractivity contribution in [3.05, 3.63) is 94.5 Å². The van der Waals surface area contributed by atoms with E-state index in [1.165, 1.54) is 23.5 Å². The minimum atomic E-state index is -4.07. The summed E-state index contributed by atoms with van der Waals surface area (Å²) in [4.78, 5) is 29.0. The Morgan fingerprint density at radius 1 is 0.925 bits per heavy atom. The molecular weight excluding hydrogens is 590 g/mol. The van der Waals surface area contributed by atoms with E-state index < -0.39 is 28.5 Å². The number of anilines is 1. The van der Waals surface area contributed by atoms with Crippen molar-refractivity contribution in [2.75, 3.05) is 10.8 Å². The summed E-state index contributed by atoms with van der Waals surface area (Å²) in [6, 6.07) is 22.0. The molecule has 9 heteroatoms. The van der Waals surface area contributed by atoms with Crippen molar-refractivity contribution < 1.29 is 18.0 Å². The molecule has 40 heavy (non-hydrogen) atoms. The van der Waals surface area contributed by atoms with Crippen molar-refractivity contribution in [2.45, 2.75) is 69.5 Å². The highest BCUT2D eigenvalue weighted by atomic mass is 79.9. The smallest absolute Gasteiger partial charge is 0.264 e. The first-order valence-corrected chi connectivity index (χ1v) is 15.9. The lowest BCUT2D eigenvalue weighted by molar-refractivity contribution is -0.139. The molecule has 1 aliphatic rings. The number of nitrogens with one attached hydrogen (secondary N) is 1. The molecule has 0 aliphatic heterocycles. The summed E-state index contributed by atoms with van der Waals surface area (Å²) in [5, 5.41) is 3.13. The molecule has 7 nitrogen and oxygen atoms in total. The fourth-order valence-electron chi connectivity index (χ4n) is 5.01. The Kier molecular flexibility index (Phi) is 10.0. The zero-order chi connectivity index (χ0) is 28.7. The molecule has 3 aromatic rings. The monoisotopic (exact) mass is 625 g/mol. The molecule has 4 rings (SSSR count). The SMILES string of the molecule is Cc1ccccc1N(CC(=O)N(Cc1ccc(Br)cc1)[C@@H](C)C(=O)NC1CCCCC1)S(=O)(=O)c1ccccc1. The fourth-order valence-corrected chi connectivity index (χ4v) is 6.78. The van der Waals surface area contributed by atoms with Crippen LogP contribution in [0.4, 0.5) is 5.69 Å². The van der Waals surface area contributed by atoms with Gasteiger partial charge in [-0.2, -0.15) is 0 Å². The third-order valence-electron chi connectivity index (χ3n) is 7.38. The largest absolute Gasteiger partial charge is 0.352 e. The molecule has 0 saturated heterocycles. The minimum Gasteiger partial charge on any atom is -0.352 e. The fraction of sp³-hybridized carbons (Fsp3) is 0.355. The van der Waals surface area contributed by atoms with Gasteiger partial charge < -0.3 is 10.2 Å². The van der Waals surface area contributed by atoms with Crippen molar-refractivity contribution in [1.29, 1.82) is 0 Å². The predicted octanol–water partition coefficient (Wildman–Crippen LogP) is 5.82. The molecule has 1 atom stereocenters. The van der Waals surface area contributed by atoms with Gasteiger partial charge in [0.05, 0.1) is 10.6 Å². The van der Waals surface area contributed by atoms with E-state index in [1.807, 2.05) is 43.3 Å². The van der Waals surface area contributed by atoms with Crippen LogP contribution in [0, 0.1) is 6.92 Å². The summed E-state index contributed by atoms with van der Waals surface area (Å²) >= 11 is 3.44. The van der Waals surface area contributed by atoms with E-state index >= 15 is 0 Å². The third-order valence-corrected chi connectivity index (χ3v) is 9.68. The average Bonchev–Trinajstić information content (AvgIpc) is 2.96. The van der Waals surface area contributed by atoms with Crippen LogP contribution in [0.15, 0.2) is 88.2 Å². The summed E-state index contributed by atoms with van der Waals surface area (Å²) in [6.07, 6.45) is 5.17. The summed E-state index contributed by atoms with van der Waals surface area (Å²) in [5.41, 5.74) is 1.97. The summed E-state index contributed by atoms with van der Waals surface area (Å²) in [7, 11) is -4.07. The van der Waals surface area contributed by atoms with Crippen molar-refractivity contribution >= 4 is 43.5 Å². The van der Waals surface area contributed by atoms with Crippen molar-refractivity contribution in [2.24, 2.45) is 0 Å². The van der Waals surface area contributed by atoms with E-state index in [-0.39, 0.29) is 23.4 Å². The first kappa shape index (κ1) is 29.8. The lowest BCUT2D eigenvalue weighted by atomic mass is 9.95. The zero-order valence-electron chi connectivity index (χ0n) is 22.9. The van der Waals surface area contributed by atoms with E-state index in [0.717, 1.165) is 45.6 Å². The zero-order valence-corrected chi connectivity index (χ0v) is 25.3. The molecule has 212 valence electrons. The van der Waals surface area contributed by atoms with E-state index in [1.54, 1.807) is 37.3 Å². The van der Waals surface area contributed by atoms with Gasteiger partial charge in [-0.3, -0.25) is 13.9 Å². The van der Waals surface area contributed by atoms with Crippen LogP contribution in [-0.4, -0.2) is 43.8 Å². The van der Waals surface area contributed by atoms with Crippen LogP contribution in [0.1, 0.15) is 50.2 Å². The van der Waals surface area contributed by atoms with Crippen LogP contribution in [-0.2, 0) is 26.2 Å². The number of sulfonamides is 1. The normalized spacial score (nSPS) is 14.8. The molecule has 3 aromatic carbocycles. The molecule has 0 radical (unpaired) electrons. The molecule has 0 bridgehead atoms. The second-order valence-electron chi connectivity index (χ2n) is 10.3. The van der Waals surface area contributed by atoms with Gasteiger partial charge in [-0.1, -0.05) is 83.7 Å². The Bertz CT molecular complexity index is 1410. The van der Waals surface area contributed by atoms with Crippen LogP contribution in [0.25, 0.3) is 0 Å². The van der Waals surface area contributed by atoms with Crippen LogP contribution in [0.2, 0.25) is 0 Å². The molecule has 0 unspecified atom stereocenters. The number of aryl methyl sites for hydroxylation is 1.